The fourth-order valence-corrected chi connectivity index (χ4v) is 3.58. The average molecular weight is 366 g/mol. The molecular formula is C21H23N3OS. The van der Waals surface area contributed by atoms with Crippen molar-refractivity contribution in [1.29, 1.82) is 0 Å². The van der Waals surface area contributed by atoms with Gasteiger partial charge in [0.1, 0.15) is 5.01 Å². The first-order chi connectivity index (χ1) is 12.3. The van der Waals surface area contributed by atoms with Crippen molar-refractivity contribution in [1.82, 2.24) is 15.3 Å². The molecule has 0 radical (unpaired) electrons. The Bertz CT molecular complexity index is 893. The molecule has 0 aliphatic carbocycles. The molecule has 0 fully saturated rings. The summed E-state index contributed by atoms with van der Waals surface area (Å²) in [5.41, 5.74) is 3.91. The van der Waals surface area contributed by atoms with Crippen molar-refractivity contribution in [2.75, 3.05) is 0 Å². The van der Waals surface area contributed by atoms with E-state index in [-0.39, 0.29) is 11.3 Å². The van der Waals surface area contributed by atoms with Crippen LogP contribution < -0.4 is 5.32 Å². The van der Waals surface area contributed by atoms with Gasteiger partial charge in [-0.2, -0.15) is 0 Å². The van der Waals surface area contributed by atoms with Crippen molar-refractivity contribution in [2.45, 2.75) is 39.7 Å². The maximum Gasteiger partial charge on any atom is 0.251 e. The summed E-state index contributed by atoms with van der Waals surface area (Å²) in [7, 11) is 0. The number of aromatic nitrogens is 2. The summed E-state index contributed by atoms with van der Waals surface area (Å²) >= 11 is 1.59. The van der Waals surface area contributed by atoms with Gasteiger partial charge in [-0.3, -0.25) is 9.78 Å². The van der Waals surface area contributed by atoms with Gasteiger partial charge in [0.25, 0.3) is 5.91 Å². The van der Waals surface area contributed by atoms with Gasteiger partial charge in [0, 0.05) is 28.4 Å². The molecule has 26 heavy (non-hydrogen) atoms. The summed E-state index contributed by atoms with van der Waals surface area (Å²) in [5, 5.41) is 3.92. The van der Waals surface area contributed by atoms with Gasteiger partial charge in [0.05, 0.1) is 12.2 Å². The van der Waals surface area contributed by atoms with Crippen LogP contribution in [0.3, 0.4) is 0 Å². The molecule has 0 unspecified atom stereocenters. The van der Waals surface area contributed by atoms with E-state index in [0.717, 1.165) is 21.1 Å². The highest BCUT2D eigenvalue weighted by molar-refractivity contribution is 7.15. The van der Waals surface area contributed by atoms with Crippen molar-refractivity contribution in [3.63, 3.8) is 0 Å². The number of aryl methyl sites for hydroxylation is 1. The smallest absolute Gasteiger partial charge is 0.251 e. The number of nitrogens with zero attached hydrogens (tertiary/aromatic N) is 2. The van der Waals surface area contributed by atoms with Crippen molar-refractivity contribution in [3.8, 4) is 10.6 Å². The van der Waals surface area contributed by atoms with Crippen LogP contribution in [-0.2, 0) is 12.0 Å². The molecule has 5 heteroatoms. The Morgan fingerprint density at radius 2 is 1.88 bits per heavy atom. The molecule has 0 aliphatic rings. The molecule has 0 bridgehead atoms. The third kappa shape index (κ3) is 4.17. The van der Waals surface area contributed by atoms with Crippen molar-refractivity contribution in [3.05, 3.63) is 70.5 Å². The Kier molecular flexibility index (Phi) is 5.18. The van der Waals surface area contributed by atoms with Crippen LogP contribution in [0.5, 0.6) is 0 Å². The summed E-state index contributed by atoms with van der Waals surface area (Å²) in [6, 6.07) is 11.7. The van der Waals surface area contributed by atoms with Crippen LogP contribution in [-0.4, -0.2) is 15.9 Å². The van der Waals surface area contributed by atoms with E-state index in [1.165, 1.54) is 5.56 Å². The number of carbonyl (C=O) groups is 1. The van der Waals surface area contributed by atoms with Crippen LogP contribution in [0.25, 0.3) is 10.6 Å². The molecule has 0 saturated heterocycles. The zero-order valence-electron chi connectivity index (χ0n) is 15.5. The lowest BCUT2D eigenvalue weighted by atomic mass is 9.87. The number of hydrogen-bond donors (Lipinski definition) is 1. The minimum absolute atomic E-state index is 0.0683. The first kappa shape index (κ1) is 18.3. The molecule has 3 rings (SSSR count). The van der Waals surface area contributed by atoms with E-state index >= 15 is 0 Å². The number of benzene rings is 1. The fraction of sp³-hybridized carbons (Fsp3) is 0.286. The molecule has 134 valence electrons. The molecule has 2 heterocycles. The third-order valence-electron chi connectivity index (χ3n) is 4.22. The summed E-state index contributed by atoms with van der Waals surface area (Å²) in [5.74, 6) is -0.0683. The monoisotopic (exact) mass is 365 g/mol. The van der Waals surface area contributed by atoms with Gasteiger partial charge in [-0.25, -0.2) is 4.98 Å². The second kappa shape index (κ2) is 7.38. The molecule has 1 amide bonds. The van der Waals surface area contributed by atoms with Crippen LogP contribution in [0.2, 0.25) is 0 Å². The zero-order chi connectivity index (χ0) is 18.7. The standard InChI is InChI=1S/C21H23N3OS/c1-14-18(26-20(24-14)16-6-5-11-22-12-16)13-23-19(25)15-7-9-17(10-8-15)21(2,3)4/h5-12H,13H2,1-4H3,(H,23,25). The lowest BCUT2D eigenvalue weighted by Crippen LogP contribution is -2.23. The van der Waals surface area contributed by atoms with Crippen LogP contribution in [0.15, 0.2) is 48.8 Å². The molecule has 2 aromatic heterocycles. The number of amides is 1. The summed E-state index contributed by atoms with van der Waals surface area (Å²) in [4.78, 5) is 22.2. The van der Waals surface area contributed by atoms with Gasteiger partial charge in [-0.05, 0) is 42.2 Å². The lowest BCUT2D eigenvalue weighted by Gasteiger charge is -2.19. The largest absolute Gasteiger partial charge is 0.347 e. The molecule has 0 aliphatic heterocycles. The summed E-state index contributed by atoms with van der Waals surface area (Å²) < 4.78 is 0. The Balaban J connectivity index is 1.67. The van der Waals surface area contributed by atoms with E-state index in [9.17, 15) is 4.79 Å². The van der Waals surface area contributed by atoms with Crippen LogP contribution in [0, 0.1) is 6.92 Å². The number of carbonyl (C=O) groups excluding carboxylic acids is 1. The topological polar surface area (TPSA) is 54.9 Å². The van der Waals surface area contributed by atoms with Crippen molar-refractivity contribution < 1.29 is 4.79 Å². The van der Waals surface area contributed by atoms with Gasteiger partial charge >= 0.3 is 0 Å². The zero-order valence-corrected chi connectivity index (χ0v) is 16.4. The number of rotatable bonds is 4. The Hall–Kier alpha value is -2.53. The molecule has 1 aromatic carbocycles. The van der Waals surface area contributed by atoms with E-state index in [1.807, 2.05) is 43.3 Å². The third-order valence-corrected chi connectivity index (χ3v) is 5.43. The van der Waals surface area contributed by atoms with Gasteiger partial charge in [0.15, 0.2) is 0 Å². The lowest BCUT2D eigenvalue weighted by molar-refractivity contribution is 0.0951. The Morgan fingerprint density at radius 3 is 2.50 bits per heavy atom. The van der Waals surface area contributed by atoms with E-state index in [0.29, 0.717) is 12.1 Å². The highest BCUT2D eigenvalue weighted by Gasteiger charge is 2.15. The maximum atomic E-state index is 12.4. The maximum absolute atomic E-state index is 12.4. The second-order valence-corrected chi connectivity index (χ2v) is 8.36. The first-order valence-corrected chi connectivity index (χ1v) is 9.41. The number of thiazole rings is 1. The van der Waals surface area contributed by atoms with E-state index in [1.54, 1.807) is 23.7 Å². The average Bonchev–Trinajstić information content (AvgIpc) is 3.00. The molecule has 4 nitrogen and oxygen atoms in total. The van der Waals surface area contributed by atoms with Gasteiger partial charge < -0.3 is 5.32 Å². The predicted molar refractivity (Wildman–Crippen MR) is 106 cm³/mol. The van der Waals surface area contributed by atoms with E-state index < -0.39 is 0 Å². The van der Waals surface area contributed by atoms with Crippen molar-refractivity contribution in [2.24, 2.45) is 0 Å². The van der Waals surface area contributed by atoms with Gasteiger partial charge in [0.2, 0.25) is 0 Å². The first-order valence-electron chi connectivity index (χ1n) is 8.60. The van der Waals surface area contributed by atoms with Crippen molar-refractivity contribution >= 4 is 17.2 Å². The highest BCUT2D eigenvalue weighted by atomic mass is 32.1. The SMILES string of the molecule is Cc1nc(-c2cccnc2)sc1CNC(=O)c1ccc(C(C)(C)C)cc1. The summed E-state index contributed by atoms with van der Waals surface area (Å²) in [6.07, 6.45) is 3.55. The Labute approximate surface area is 158 Å². The minimum atomic E-state index is -0.0683. The van der Waals surface area contributed by atoms with E-state index in [4.69, 9.17) is 0 Å². The number of nitrogens with one attached hydrogen (secondary N) is 1. The molecule has 0 saturated carbocycles. The van der Waals surface area contributed by atoms with Crippen LogP contribution >= 0.6 is 11.3 Å². The molecule has 1 N–H and O–H groups in total. The van der Waals surface area contributed by atoms with Crippen LogP contribution in [0.1, 0.15) is 47.3 Å². The quantitative estimate of drug-likeness (QED) is 0.726. The molecule has 0 spiro atoms. The normalized spacial score (nSPS) is 11.4. The summed E-state index contributed by atoms with van der Waals surface area (Å²) in [6.45, 7) is 8.93. The number of pyridine rings is 1. The molecule has 3 aromatic rings. The van der Waals surface area contributed by atoms with Gasteiger partial charge in [-0.15, -0.1) is 11.3 Å². The molecular weight excluding hydrogens is 342 g/mol. The molecule has 0 atom stereocenters. The predicted octanol–water partition coefficient (Wildman–Crippen LogP) is 4.74. The van der Waals surface area contributed by atoms with Crippen LogP contribution in [0.4, 0.5) is 0 Å². The van der Waals surface area contributed by atoms with E-state index in [2.05, 4.69) is 36.1 Å². The minimum Gasteiger partial charge on any atom is -0.347 e. The number of hydrogen-bond acceptors (Lipinski definition) is 4. The highest BCUT2D eigenvalue weighted by Crippen LogP contribution is 2.27. The fourth-order valence-electron chi connectivity index (χ4n) is 2.59. The second-order valence-electron chi connectivity index (χ2n) is 7.28. The Morgan fingerprint density at radius 1 is 1.15 bits per heavy atom. The van der Waals surface area contributed by atoms with Gasteiger partial charge in [-0.1, -0.05) is 32.9 Å².